The second-order valence-corrected chi connectivity index (χ2v) is 4.65. The van der Waals surface area contributed by atoms with Crippen molar-refractivity contribution in [2.75, 3.05) is 0 Å². The molecule has 0 amide bonds. The van der Waals surface area contributed by atoms with Gasteiger partial charge in [0.05, 0.1) is 5.92 Å². The van der Waals surface area contributed by atoms with E-state index in [9.17, 15) is 9.59 Å². The average molecular weight is 270 g/mol. The van der Waals surface area contributed by atoms with E-state index in [4.69, 9.17) is 5.11 Å². The minimum atomic E-state index is -0.631. The summed E-state index contributed by atoms with van der Waals surface area (Å²) in [4.78, 5) is 20.2. The quantitative estimate of drug-likeness (QED) is 0.358. The first kappa shape index (κ1) is 20.2. The van der Waals surface area contributed by atoms with Gasteiger partial charge in [-0.05, 0) is 25.3 Å². The molecule has 0 aromatic heterocycles. The first-order chi connectivity index (χ1) is 9.13. The minimum absolute atomic E-state index is 0.109. The number of carbonyl (C=O) groups is 2. The molecule has 19 heavy (non-hydrogen) atoms. The molecule has 0 aromatic rings. The molecular formula is C16H30O3. The van der Waals surface area contributed by atoms with Gasteiger partial charge >= 0.3 is 5.97 Å². The summed E-state index contributed by atoms with van der Waals surface area (Å²) < 4.78 is 0. The fourth-order valence-electron chi connectivity index (χ4n) is 1.64. The molecule has 0 aromatic carbocycles. The first-order valence-corrected chi connectivity index (χ1v) is 7.46. The molecule has 0 rings (SSSR count). The molecule has 1 N–H and O–H groups in total. The maximum Gasteiger partial charge on any atom is 0.306 e. The third kappa shape index (κ3) is 16.9. The molecule has 0 aliphatic heterocycles. The highest BCUT2D eigenvalue weighted by molar-refractivity contribution is 5.69. The van der Waals surface area contributed by atoms with E-state index in [2.05, 4.69) is 13.8 Å². The van der Waals surface area contributed by atoms with Crippen molar-refractivity contribution in [2.45, 2.75) is 72.1 Å². The Morgan fingerprint density at radius 3 is 2.21 bits per heavy atom. The molecule has 1 unspecified atom stereocenters. The van der Waals surface area contributed by atoms with E-state index in [0.717, 1.165) is 38.4 Å². The van der Waals surface area contributed by atoms with Crippen molar-refractivity contribution in [1.29, 1.82) is 0 Å². The van der Waals surface area contributed by atoms with Crippen LogP contribution in [0, 0.1) is 5.92 Å². The molecule has 3 heteroatoms. The summed E-state index contributed by atoms with van der Waals surface area (Å²) in [5.41, 5.74) is 0. The van der Waals surface area contributed by atoms with Crippen LogP contribution < -0.4 is 0 Å². The minimum Gasteiger partial charge on any atom is -0.481 e. The number of hydrogen-bond donors (Lipinski definition) is 1. The summed E-state index contributed by atoms with van der Waals surface area (Å²) in [5, 5.41) is 8.73. The molecule has 1 atom stereocenters. The monoisotopic (exact) mass is 270 g/mol. The van der Waals surface area contributed by atoms with Crippen molar-refractivity contribution in [2.24, 2.45) is 5.92 Å². The highest BCUT2D eigenvalue weighted by Crippen LogP contribution is 2.13. The summed E-state index contributed by atoms with van der Waals surface area (Å²) in [7, 11) is 0. The van der Waals surface area contributed by atoms with E-state index >= 15 is 0 Å². The Bertz CT molecular complexity index is 234. The van der Waals surface area contributed by atoms with E-state index in [-0.39, 0.29) is 5.92 Å². The van der Waals surface area contributed by atoms with Gasteiger partial charge in [-0.2, -0.15) is 0 Å². The van der Waals surface area contributed by atoms with Gasteiger partial charge in [0, 0.05) is 0 Å². The summed E-state index contributed by atoms with van der Waals surface area (Å²) >= 11 is 0. The number of allylic oxidation sites excluding steroid dienone is 2. The Labute approximate surface area is 118 Å². The van der Waals surface area contributed by atoms with Crippen molar-refractivity contribution in [3.8, 4) is 0 Å². The topological polar surface area (TPSA) is 54.4 Å². The van der Waals surface area contributed by atoms with Gasteiger partial charge < -0.3 is 5.11 Å². The fraction of sp³-hybridized carbons (Fsp3) is 0.750. The maximum atomic E-state index is 10.6. The number of rotatable bonds is 10. The van der Waals surface area contributed by atoms with Crippen LogP contribution in [0.4, 0.5) is 0 Å². The summed E-state index contributed by atoms with van der Waals surface area (Å²) in [6.45, 7) is 6.18. The van der Waals surface area contributed by atoms with Crippen molar-refractivity contribution in [3.05, 3.63) is 12.2 Å². The van der Waals surface area contributed by atoms with Gasteiger partial charge in [-0.25, -0.2) is 0 Å². The zero-order valence-corrected chi connectivity index (χ0v) is 12.7. The Morgan fingerprint density at radius 2 is 1.79 bits per heavy atom. The van der Waals surface area contributed by atoms with Crippen LogP contribution in [0.3, 0.4) is 0 Å². The molecule has 0 heterocycles. The lowest BCUT2D eigenvalue weighted by atomic mass is 9.99. The van der Waals surface area contributed by atoms with Crippen LogP contribution >= 0.6 is 0 Å². The maximum absolute atomic E-state index is 10.6. The number of aliphatic carboxylic acids is 1. The largest absolute Gasteiger partial charge is 0.481 e. The number of carbonyl (C=O) groups excluding carboxylic acids is 1. The van der Waals surface area contributed by atoms with Crippen LogP contribution in [-0.2, 0) is 9.59 Å². The standard InChI is InChI=1S/C10H20O2.C6H10O/c1-3-5-6-7-8-9(4-2)10(11)12;1-2-3-4-5-6-7/h9H,3-8H2,1-2H3,(H,11,12);4-6H,2-3H2,1H3/b;5-4+. The molecule has 0 saturated carbocycles. The molecule has 0 aliphatic carbocycles. The molecule has 0 radical (unpaired) electrons. The van der Waals surface area contributed by atoms with Crippen LogP contribution in [0.25, 0.3) is 0 Å². The first-order valence-electron chi connectivity index (χ1n) is 7.46. The lowest BCUT2D eigenvalue weighted by molar-refractivity contribution is -0.142. The van der Waals surface area contributed by atoms with Crippen LogP contribution in [0.1, 0.15) is 72.1 Å². The van der Waals surface area contributed by atoms with Gasteiger partial charge in [0.1, 0.15) is 6.29 Å². The van der Waals surface area contributed by atoms with Crippen LogP contribution in [0.2, 0.25) is 0 Å². The third-order valence-electron chi connectivity index (χ3n) is 2.92. The molecule has 0 aliphatic rings. The SMILES string of the molecule is CCC/C=C/C=O.CCCCCCC(CC)C(=O)O. The van der Waals surface area contributed by atoms with Gasteiger partial charge in [-0.1, -0.05) is 59.0 Å². The molecular weight excluding hydrogens is 240 g/mol. The van der Waals surface area contributed by atoms with Gasteiger partial charge in [-0.3, -0.25) is 9.59 Å². The van der Waals surface area contributed by atoms with Gasteiger partial charge in [0.2, 0.25) is 0 Å². The number of carboxylic acid groups (broad SMARTS) is 1. The van der Waals surface area contributed by atoms with E-state index < -0.39 is 5.97 Å². The zero-order valence-electron chi connectivity index (χ0n) is 12.7. The summed E-state index contributed by atoms with van der Waals surface area (Å²) in [5.74, 6) is -0.740. The lowest BCUT2D eigenvalue weighted by Crippen LogP contribution is -2.12. The highest BCUT2D eigenvalue weighted by atomic mass is 16.4. The van der Waals surface area contributed by atoms with E-state index in [1.54, 1.807) is 0 Å². The second kappa shape index (κ2) is 16.9. The second-order valence-electron chi connectivity index (χ2n) is 4.65. The van der Waals surface area contributed by atoms with Crippen LogP contribution in [0.15, 0.2) is 12.2 Å². The third-order valence-corrected chi connectivity index (χ3v) is 2.92. The Kier molecular flexibility index (Phi) is 17.9. The molecule has 0 saturated heterocycles. The lowest BCUT2D eigenvalue weighted by Gasteiger charge is -2.08. The summed E-state index contributed by atoms with van der Waals surface area (Å²) in [6.07, 6.45) is 12.6. The fourth-order valence-corrected chi connectivity index (χ4v) is 1.64. The number of unbranched alkanes of at least 4 members (excludes halogenated alkanes) is 4. The average Bonchev–Trinajstić information content (AvgIpc) is 2.40. The van der Waals surface area contributed by atoms with Crippen LogP contribution in [0.5, 0.6) is 0 Å². The molecule has 112 valence electrons. The number of aldehydes is 1. The van der Waals surface area contributed by atoms with E-state index in [1.165, 1.54) is 25.3 Å². The van der Waals surface area contributed by atoms with Crippen LogP contribution in [-0.4, -0.2) is 17.4 Å². The van der Waals surface area contributed by atoms with E-state index in [0.29, 0.717) is 0 Å². The van der Waals surface area contributed by atoms with Gasteiger partial charge in [0.15, 0.2) is 0 Å². The van der Waals surface area contributed by atoms with Crippen molar-refractivity contribution in [3.63, 3.8) is 0 Å². The Hall–Kier alpha value is -1.12. The molecule has 3 nitrogen and oxygen atoms in total. The zero-order chi connectivity index (χ0) is 14.9. The van der Waals surface area contributed by atoms with Crippen molar-refractivity contribution >= 4 is 12.3 Å². The predicted octanol–water partition coefficient (Wildman–Crippen LogP) is 4.61. The smallest absolute Gasteiger partial charge is 0.306 e. The van der Waals surface area contributed by atoms with Gasteiger partial charge in [0.25, 0.3) is 0 Å². The number of carboxylic acids is 1. The molecule has 0 fully saturated rings. The molecule has 0 spiro atoms. The summed E-state index contributed by atoms with van der Waals surface area (Å²) in [6, 6.07) is 0. The van der Waals surface area contributed by atoms with Crippen molar-refractivity contribution < 1.29 is 14.7 Å². The van der Waals surface area contributed by atoms with Gasteiger partial charge in [-0.15, -0.1) is 0 Å². The van der Waals surface area contributed by atoms with E-state index in [1.807, 2.05) is 13.0 Å². The Morgan fingerprint density at radius 1 is 1.11 bits per heavy atom. The predicted molar refractivity (Wildman–Crippen MR) is 80.3 cm³/mol. The normalized spacial score (nSPS) is 11.7. The molecule has 0 bridgehead atoms. The van der Waals surface area contributed by atoms with Crippen molar-refractivity contribution in [1.82, 2.24) is 0 Å². The number of hydrogen-bond acceptors (Lipinski definition) is 2. The Balaban J connectivity index is 0. The highest BCUT2D eigenvalue weighted by Gasteiger charge is 2.13.